The normalized spacial score (nSPS) is 20.5. The number of nitrogens with one attached hydrogen (secondary N) is 1. The molecule has 1 aliphatic heterocycles. The number of hydrogen-bond acceptors (Lipinski definition) is 7. The van der Waals surface area contributed by atoms with E-state index in [9.17, 15) is 24.8 Å². The number of rotatable bonds is 4. The number of carbonyl (C=O) groups excluding carboxylic acids is 2. The Morgan fingerprint density at radius 1 is 1.16 bits per heavy atom. The van der Waals surface area contributed by atoms with E-state index in [0.29, 0.717) is 29.0 Å². The molecule has 8 heteroatoms. The van der Waals surface area contributed by atoms with E-state index in [1.165, 1.54) is 25.3 Å². The van der Waals surface area contributed by atoms with Gasteiger partial charge in [-0.05, 0) is 36.5 Å². The number of nitrogens with zero attached hydrogens (tertiary/aromatic N) is 1. The molecular weight excluding hydrogens is 412 g/mol. The summed E-state index contributed by atoms with van der Waals surface area (Å²) in [5.41, 5.74) is 2.77. The van der Waals surface area contributed by atoms with Gasteiger partial charge >= 0.3 is 11.7 Å². The lowest BCUT2D eigenvalue weighted by molar-refractivity contribution is -0.385. The molecule has 0 saturated carbocycles. The van der Waals surface area contributed by atoms with Gasteiger partial charge in [0.1, 0.15) is 0 Å². The number of dihydropyridines is 1. The van der Waals surface area contributed by atoms with E-state index in [1.54, 1.807) is 6.92 Å². The fraction of sp³-hybridized carbons (Fsp3) is 0.250. The zero-order valence-corrected chi connectivity index (χ0v) is 17.6. The third kappa shape index (κ3) is 3.64. The number of nitro benzene ring substituents is 1. The molecule has 0 radical (unpaired) electrons. The molecule has 0 spiro atoms. The lowest BCUT2D eigenvalue weighted by atomic mass is 9.71. The largest absolute Gasteiger partial charge is 0.502 e. The van der Waals surface area contributed by atoms with Gasteiger partial charge in [-0.25, -0.2) is 4.79 Å². The van der Waals surface area contributed by atoms with E-state index in [-0.39, 0.29) is 23.7 Å². The Kier molecular flexibility index (Phi) is 5.52. The number of Topliss-reactive ketones (excluding diaryl/α,β-unsaturated/α-hetero) is 1. The second-order valence-corrected chi connectivity index (χ2v) is 7.92. The van der Waals surface area contributed by atoms with Crippen LogP contribution in [0.4, 0.5) is 5.69 Å². The number of phenolic OH excluding ortho intramolecular Hbond substituents is 1. The quantitative estimate of drug-likeness (QED) is 0.426. The average molecular weight is 434 g/mol. The smallest absolute Gasteiger partial charge is 0.336 e. The van der Waals surface area contributed by atoms with Gasteiger partial charge < -0.3 is 15.2 Å². The van der Waals surface area contributed by atoms with E-state index < -0.39 is 28.2 Å². The molecule has 0 saturated heterocycles. The lowest BCUT2D eigenvalue weighted by Gasteiger charge is -2.36. The van der Waals surface area contributed by atoms with Gasteiger partial charge in [0.15, 0.2) is 11.5 Å². The number of carbonyl (C=O) groups is 2. The number of hydrogen-bond donors (Lipinski definition) is 2. The van der Waals surface area contributed by atoms with E-state index in [2.05, 4.69) is 5.32 Å². The molecule has 8 nitrogen and oxygen atoms in total. The van der Waals surface area contributed by atoms with Crippen LogP contribution in [0.3, 0.4) is 0 Å². The van der Waals surface area contributed by atoms with Crippen LogP contribution in [0.2, 0.25) is 0 Å². The van der Waals surface area contributed by atoms with Crippen molar-refractivity contribution in [2.75, 3.05) is 7.11 Å². The molecule has 164 valence electrons. The van der Waals surface area contributed by atoms with Crippen molar-refractivity contribution in [3.05, 3.63) is 92.3 Å². The Bertz CT molecular complexity index is 1180. The number of phenols is 1. The summed E-state index contributed by atoms with van der Waals surface area (Å²) >= 11 is 0. The highest BCUT2D eigenvalue weighted by Gasteiger charge is 2.41. The number of methoxy groups -OCH3 is 1. The van der Waals surface area contributed by atoms with Crippen LogP contribution in [0.15, 0.2) is 71.1 Å². The van der Waals surface area contributed by atoms with Crippen molar-refractivity contribution in [2.24, 2.45) is 0 Å². The molecule has 2 atom stereocenters. The molecule has 0 unspecified atom stereocenters. The molecule has 2 aliphatic rings. The van der Waals surface area contributed by atoms with Gasteiger partial charge in [0.25, 0.3) is 0 Å². The van der Waals surface area contributed by atoms with Gasteiger partial charge in [-0.2, -0.15) is 0 Å². The fourth-order valence-corrected chi connectivity index (χ4v) is 4.58. The van der Waals surface area contributed by atoms with E-state index >= 15 is 0 Å². The minimum absolute atomic E-state index is 0.0165. The summed E-state index contributed by atoms with van der Waals surface area (Å²) in [4.78, 5) is 36.8. The van der Waals surface area contributed by atoms with Gasteiger partial charge in [-0.1, -0.05) is 36.4 Å². The molecule has 1 heterocycles. The number of esters is 1. The summed E-state index contributed by atoms with van der Waals surface area (Å²) in [6, 6.07) is 13.7. The first-order valence-corrected chi connectivity index (χ1v) is 10.2. The van der Waals surface area contributed by atoms with Crippen LogP contribution < -0.4 is 5.32 Å². The molecule has 2 aromatic carbocycles. The molecule has 4 rings (SSSR count). The summed E-state index contributed by atoms with van der Waals surface area (Å²) in [6.07, 6.45) is 0.822. The van der Waals surface area contributed by atoms with Crippen LogP contribution >= 0.6 is 0 Å². The second-order valence-electron chi connectivity index (χ2n) is 7.92. The van der Waals surface area contributed by atoms with Crippen molar-refractivity contribution < 1.29 is 24.4 Å². The van der Waals surface area contributed by atoms with Crippen molar-refractivity contribution in [2.45, 2.75) is 31.6 Å². The minimum Gasteiger partial charge on any atom is -0.502 e. The standard InChI is InChI=1S/C24H22N2O6/c1-13-21(24(29)32-2)22(15-8-9-19(27)18(11-15)26(30)31)23-17(25-13)10-16(12-20(23)28)14-6-4-3-5-7-14/h3-9,11,16,22,25,27H,10,12H2,1-2H3/t16-,22+/m0/s1. The zero-order valence-electron chi connectivity index (χ0n) is 17.6. The predicted molar refractivity (Wildman–Crippen MR) is 116 cm³/mol. The molecule has 1 aliphatic carbocycles. The Labute approximate surface area is 184 Å². The van der Waals surface area contributed by atoms with Crippen molar-refractivity contribution in [3.8, 4) is 5.75 Å². The van der Waals surface area contributed by atoms with Crippen LogP contribution in [0.1, 0.15) is 42.7 Å². The average Bonchev–Trinajstić information content (AvgIpc) is 2.78. The maximum atomic E-state index is 13.4. The van der Waals surface area contributed by atoms with Gasteiger partial charge in [0, 0.05) is 35.4 Å². The summed E-state index contributed by atoms with van der Waals surface area (Å²) in [5.74, 6) is -2.09. The lowest BCUT2D eigenvalue weighted by Crippen LogP contribution is -2.36. The first-order chi connectivity index (χ1) is 15.3. The van der Waals surface area contributed by atoms with Crippen LogP contribution in [-0.2, 0) is 14.3 Å². The Balaban J connectivity index is 1.86. The minimum atomic E-state index is -0.831. The third-order valence-corrected chi connectivity index (χ3v) is 6.03. The van der Waals surface area contributed by atoms with Crippen molar-refractivity contribution >= 4 is 17.4 Å². The summed E-state index contributed by atoms with van der Waals surface area (Å²) < 4.78 is 4.96. The zero-order chi connectivity index (χ0) is 23.0. The molecule has 2 N–H and O–H groups in total. The van der Waals surface area contributed by atoms with Gasteiger partial charge in [-0.15, -0.1) is 0 Å². The molecule has 0 fully saturated rings. The second kappa shape index (κ2) is 8.30. The maximum absolute atomic E-state index is 13.4. The third-order valence-electron chi connectivity index (χ3n) is 6.03. The van der Waals surface area contributed by atoms with Crippen molar-refractivity contribution in [1.29, 1.82) is 0 Å². The van der Waals surface area contributed by atoms with Crippen LogP contribution in [0.25, 0.3) is 0 Å². The number of ketones is 1. The number of benzene rings is 2. The Morgan fingerprint density at radius 3 is 2.53 bits per heavy atom. The number of allylic oxidation sites excluding steroid dienone is 3. The van der Waals surface area contributed by atoms with Gasteiger partial charge in [0.2, 0.25) is 0 Å². The molecule has 2 aromatic rings. The number of nitro groups is 1. The highest BCUT2D eigenvalue weighted by atomic mass is 16.6. The molecule has 0 amide bonds. The first-order valence-electron chi connectivity index (χ1n) is 10.2. The van der Waals surface area contributed by atoms with Crippen molar-refractivity contribution in [1.82, 2.24) is 5.32 Å². The summed E-state index contributed by atoms with van der Waals surface area (Å²) in [7, 11) is 1.25. The fourth-order valence-electron chi connectivity index (χ4n) is 4.58. The highest BCUT2D eigenvalue weighted by Crippen LogP contribution is 2.46. The van der Waals surface area contributed by atoms with Crippen molar-refractivity contribution in [3.63, 3.8) is 0 Å². The van der Waals surface area contributed by atoms with E-state index in [4.69, 9.17) is 4.74 Å². The van der Waals surface area contributed by atoms with E-state index in [0.717, 1.165) is 5.56 Å². The van der Waals surface area contributed by atoms with Gasteiger partial charge in [0.05, 0.1) is 17.6 Å². The maximum Gasteiger partial charge on any atom is 0.336 e. The number of ether oxygens (including phenoxy) is 1. The molecule has 0 aromatic heterocycles. The summed E-state index contributed by atoms with van der Waals surface area (Å²) in [6.45, 7) is 1.72. The van der Waals surface area contributed by atoms with Crippen LogP contribution in [0, 0.1) is 10.1 Å². The topological polar surface area (TPSA) is 119 Å². The SMILES string of the molecule is COC(=O)C1=C(C)NC2=C(C(=O)C[C@@H](c3ccccc3)C2)[C@@H]1c1ccc(O)c([N+](=O)[O-])c1. The molecule has 32 heavy (non-hydrogen) atoms. The van der Waals surface area contributed by atoms with E-state index in [1.807, 2.05) is 30.3 Å². The van der Waals surface area contributed by atoms with Crippen LogP contribution in [-0.4, -0.2) is 28.9 Å². The highest BCUT2D eigenvalue weighted by molar-refractivity contribution is 6.04. The molecule has 0 bridgehead atoms. The first kappa shape index (κ1) is 21.3. The number of aromatic hydroxyl groups is 1. The Hall–Kier alpha value is -3.94. The summed E-state index contributed by atoms with van der Waals surface area (Å²) in [5, 5.41) is 24.5. The Morgan fingerprint density at radius 2 is 1.88 bits per heavy atom. The predicted octanol–water partition coefficient (Wildman–Crippen LogP) is 3.84. The van der Waals surface area contributed by atoms with Gasteiger partial charge in [-0.3, -0.25) is 14.9 Å². The monoisotopic (exact) mass is 434 g/mol. The molecular formula is C24H22N2O6. The van der Waals surface area contributed by atoms with Crippen LogP contribution in [0.5, 0.6) is 5.75 Å².